The maximum atomic E-state index is 13.2. The Balaban J connectivity index is 2.74. The van der Waals surface area contributed by atoms with Gasteiger partial charge in [0.15, 0.2) is 11.6 Å². The van der Waals surface area contributed by atoms with Crippen molar-refractivity contribution >= 4 is 15.6 Å². The highest BCUT2D eigenvalue weighted by molar-refractivity contribution is 7.90. The second-order valence-corrected chi connectivity index (χ2v) is 6.00. The van der Waals surface area contributed by atoms with Crippen molar-refractivity contribution in [1.82, 2.24) is 4.98 Å². The summed E-state index contributed by atoms with van der Waals surface area (Å²) in [4.78, 5) is 15.2. The molecule has 5 nitrogen and oxygen atoms in total. The summed E-state index contributed by atoms with van der Waals surface area (Å²) >= 11 is 0. The number of Topliss-reactive ketones (excluding diaryl/α,β-unsaturated/α-hetero) is 1. The molecule has 2 N–H and O–H groups in total. The number of carbonyl (C=O) groups is 1. The number of hydrogen-bond acceptors (Lipinski definition) is 5. The van der Waals surface area contributed by atoms with E-state index in [9.17, 15) is 17.6 Å². The molecular weight excluding hydrogens is 247 g/mol. The summed E-state index contributed by atoms with van der Waals surface area (Å²) in [6.45, 7) is 0. The van der Waals surface area contributed by atoms with Gasteiger partial charge in [-0.1, -0.05) is 0 Å². The van der Waals surface area contributed by atoms with Crippen molar-refractivity contribution in [2.75, 3.05) is 12.0 Å². The lowest BCUT2D eigenvalue weighted by Crippen LogP contribution is -2.33. The summed E-state index contributed by atoms with van der Waals surface area (Å²) < 4.78 is 35.0. The molecule has 1 rings (SSSR count). The topological polar surface area (TPSA) is 90.1 Å². The lowest BCUT2D eigenvalue weighted by atomic mass is 10.0. The minimum absolute atomic E-state index is 0.0283. The number of sulfone groups is 1. The Hall–Kier alpha value is -1.34. The van der Waals surface area contributed by atoms with Crippen LogP contribution in [0.3, 0.4) is 0 Å². The number of pyridine rings is 1. The van der Waals surface area contributed by atoms with Crippen LogP contribution in [0.2, 0.25) is 0 Å². The Kier molecular flexibility index (Phi) is 4.30. The molecule has 94 valence electrons. The zero-order valence-electron chi connectivity index (χ0n) is 9.26. The van der Waals surface area contributed by atoms with Gasteiger partial charge >= 0.3 is 0 Å². The third-order valence-electron chi connectivity index (χ3n) is 2.17. The molecule has 17 heavy (non-hydrogen) atoms. The maximum Gasteiger partial charge on any atom is 0.182 e. The average Bonchev–Trinajstić information content (AvgIpc) is 2.24. The van der Waals surface area contributed by atoms with Gasteiger partial charge in [0.05, 0.1) is 23.6 Å². The number of carbonyl (C=O) groups excluding carboxylic acids is 1. The van der Waals surface area contributed by atoms with Crippen LogP contribution in [0.25, 0.3) is 0 Å². The minimum Gasteiger partial charge on any atom is -0.321 e. The summed E-state index contributed by atoms with van der Waals surface area (Å²) in [5.74, 6) is -1.58. The third-order valence-corrected chi connectivity index (χ3v) is 3.15. The Labute approximate surface area is 98.8 Å². The van der Waals surface area contributed by atoms with Crippen molar-refractivity contribution < 1.29 is 17.6 Å². The predicted molar refractivity (Wildman–Crippen MR) is 60.8 cm³/mol. The van der Waals surface area contributed by atoms with E-state index < -0.39 is 27.5 Å². The molecule has 0 amide bonds. The fourth-order valence-corrected chi connectivity index (χ4v) is 1.93. The first-order chi connectivity index (χ1) is 7.81. The molecule has 1 atom stereocenters. The molecule has 0 fully saturated rings. The van der Waals surface area contributed by atoms with E-state index in [2.05, 4.69) is 4.98 Å². The molecule has 0 saturated carbocycles. The smallest absolute Gasteiger partial charge is 0.182 e. The zero-order valence-corrected chi connectivity index (χ0v) is 10.1. The molecule has 0 spiro atoms. The lowest BCUT2D eigenvalue weighted by Gasteiger charge is -2.10. The first-order valence-electron chi connectivity index (χ1n) is 4.88. The maximum absolute atomic E-state index is 13.2. The summed E-state index contributed by atoms with van der Waals surface area (Å²) in [5, 5.41) is 0. The van der Waals surface area contributed by atoms with E-state index in [0.717, 1.165) is 12.5 Å². The second-order valence-electron chi connectivity index (χ2n) is 3.74. The van der Waals surface area contributed by atoms with E-state index in [1.807, 2.05) is 0 Å². The summed E-state index contributed by atoms with van der Waals surface area (Å²) in [5.41, 5.74) is 5.36. The largest absolute Gasteiger partial charge is 0.321 e. The summed E-state index contributed by atoms with van der Waals surface area (Å²) in [7, 11) is -3.18. The SMILES string of the molecule is CS(=O)(=O)CCC(N)C(=O)c1ccncc1F. The van der Waals surface area contributed by atoms with Crippen LogP contribution in [-0.4, -0.2) is 37.2 Å². The Morgan fingerprint density at radius 1 is 1.59 bits per heavy atom. The van der Waals surface area contributed by atoms with Crippen molar-refractivity contribution in [1.29, 1.82) is 0 Å². The molecule has 1 aromatic rings. The van der Waals surface area contributed by atoms with Gasteiger partial charge < -0.3 is 5.73 Å². The van der Waals surface area contributed by atoms with Gasteiger partial charge in [-0.25, -0.2) is 12.8 Å². The van der Waals surface area contributed by atoms with Crippen LogP contribution in [-0.2, 0) is 9.84 Å². The van der Waals surface area contributed by atoms with E-state index in [0.29, 0.717) is 0 Å². The van der Waals surface area contributed by atoms with Gasteiger partial charge in [0, 0.05) is 12.5 Å². The van der Waals surface area contributed by atoms with Gasteiger partial charge in [-0.05, 0) is 12.5 Å². The molecule has 7 heteroatoms. The van der Waals surface area contributed by atoms with E-state index in [1.165, 1.54) is 12.3 Å². The van der Waals surface area contributed by atoms with Gasteiger partial charge in [-0.15, -0.1) is 0 Å². The standard InChI is InChI=1S/C10H13FN2O3S/c1-17(15,16)5-3-9(12)10(14)7-2-4-13-6-8(7)11/h2,4,6,9H,3,5,12H2,1H3. The molecule has 0 bridgehead atoms. The highest BCUT2D eigenvalue weighted by Gasteiger charge is 2.20. The van der Waals surface area contributed by atoms with Crippen LogP contribution in [0.15, 0.2) is 18.5 Å². The van der Waals surface area contributed by atoms with Crippen molar-refractivity contribution in [3.63, 3.8) is 0 Å². The lowest BCUT2D eigenvalue weighted by molar-refractivity contribution is 0.0955. The van der Waals surface area contributed by atoms with E-state index in [1.54, 1.807) is 0 Å². The molecule has 0 aromatic carbocycles. The second kappa shape index (κ2) is 5.33. The normalized spacial score (nSPS) is 13.4. The van der Waals surface area contributed by atoms with Crippen LogP contribution in [0.4, 0.5) is 4.39 Å². The quantitative estimate of drug-likeness (QED) is 0.762. The Bertz CT molecular complexity index is 516. The number of nitrogens with zero attached hydrogens (tertiary/aromatic N) is 1. The van der Waals surface area contributed by atoms with Gasteiger partial charge in [-0.2, -0.15) is 0 Å². The minimum atomic E-state index is -3.18. The van der Waals surface area contributed by atoms with Crippen molar-refractivity contribution in [2.45, 2.75) is 12.5 Å². The van der Waals surface area contributed by atoms with Crippen molar-refractivity contribution in [3.8, 4) is 0 Å². The van der Waals surface area contributed by atoms with Crippen LogP contribution in [0.5, 0.6) is 0 Å². The number of halogens is 1. The monoisotopic (exact) mass is 260 g/mol. The number of aromatic nitrogens is 1. The molecule has 0 radical (unpaired) electrons. The van der Waals surface area contributed by atoms with Gasteiger partial charge in [0.2, 0.25) is 0 Å². The molecule has 0 saturated heterocycles. The van der Waals surface area contributed by atoms with Gasteiger partial charge in [0.1, 0.15) is 9.84 Å². The average molecular weight is 260 g/mol. The first kappa shape index (κ1) is 13.7. The molecule has 0 aliphatic heterocycles. The van der Waals surface area contributed by atoms with Crippen LogP contribution >= 0.6 is 0 Å². The number of nitrogens with two attached hydrogens (primary N) is 1. The van der Waals surface area contributed by atoms with Crippen molar-refractivity contribution in [3.05, 3.63) is 29.8 Å². The molecule has 1 unspecified atom stereocenters. The van der Waals surface area contributed by atoms with E-state index in [4.69, 9.17) is 5.73 Å². The molecule has 1 aromatic heterocycles. The van der Waals surface area contributed by atoms with E-state index >= 15 is 0 Å². The zero-order chi connectivity index (χ0) is 13.1. The highest BCUT2D eigenvalue weighted by atomic mass is 32.2. The van der Waals surface area contributed by atoms with Crippen LogP contribution in [0, 0.1) is 5.82 Å². The summed E-state index contributed by atoms with van der Waals surface area (Å²) in [6, 6.07) is 0.194. The highest BCUT2D eigenvalue weighted by Crippen LogP contribution is 2.09. The molecule has 0 aliphatic carbocycles. The van der Waals surface area contributed by atoms with Crippen molar-refractivity contribution in [2.24, 2.45) is 5.73 Å². The number of ketones is 1. The summed E-state index contributed by atoms with van der Waals surface area (Å²) in [6.07, 6.45) is 3.22. The molecule has 1 heterocycles. The van der Waals surface area contributed by atoms with Gasteiger partial charge in [-0.3, -0.25) is 9.78 Å². The fraction of sp³-hybridized carbons (Fsp3) is 0.400. The fourth-order valence-electron chi connectivity index (χ4n) is 1.25. The van der Waals surface area contributed by atoms with Crippen LogP contribution in [0.1, 0.15) is 16.8 Å². The molecule has 0 aliphatic rings. The Morgan fingerprint density at radius 3 is 2.76 bits per heavy atom. The first-order valence-corrected chi connectivity index (χ1v) is 6.94. The van der Waals surface area contributed by atoms with Gasteiger partial charge in [0.25, 0.3) is 0 Å². The molecular formula is C10H13FN2O3S. The predicted octanol–water partition coefficient (Wildman–Crippen LogP) is 0.165. The van der Waals surface area contributed by atoms with E-state index in [-0.39, 0.29) is 17.7 Å². The number of rotatable bonds is 5. The number of hydrogen-bond donors (Lipinski definition) is 1. The Morgan fingerprint density at radius 2 is 2.24 bits per heavy atom. The third kappa shape index (κ3) is 4.20. The van der Waals surface area contributed by atoms with Crippen LogP contribution < -0.4 is 5.73 Å².